The van der Waals surface area contributed by atoms with Crippen molar-refractivity contribution in [3.63, 3.8) is 0 Å². The molecule has 0 aliphatic carbocycles. The van der Waals surface area contributed by atoms with E-state index in [2.05, 4.69) is 11.6 Å². The van der Waals surface area contributed by atoms with Gasteiger partial charge in [-0.15, -0.1) is 11.6 Å². The number of alkyl halides is 5. The average Bonchev–Trinajstić information content (AvgIpc) is 1.83. The third kappa shape index (κ3) is 2.51. The Morgan fingerprint density at radius 3 is 2.00 bits per heavy atom. The van der Waals surface area contributed by atoms with E-state index in [9.17, 15) is 22.4 Å². The summed E-state index contributed by atoms with van der Waals surface area (Å²) in [6, 6.07) is 0. The van der Waals surface area contributed by atoms with Crippen molar-refractivity contribution in [3.05, 3.63) is 0 Å². The Labute approximate surface area is 59.0 Å². The monoisotopic (exact) mass is 178 g/mol. The Balaban J connectivity index is 4.08. The van der Waals surface area contributed by atoms with Crippen molar-refractivity contribution in [3.8, 4) is 0 Å². The molecule has 0 aromatic heterocycles. The molecule has 0 spiro atoms. The molecule has 0 saturated carbocycles. The average molecular weight is 179 g/mol. The molecule has 10 heavy (non-hydrogen) atoms. The van der Waals surface area contributed by atoms with Crippen molar-refractivity contribution in [2.75, 3.05) is 5.88 Å². The Kier molecular flexibility index (Phi) is 3.08. The number of rotatable bonds is 2. The first-order valence-electron chi connectivity index (χ1n) is 2.19. The van der Waals surface area contributed by atoms with Crippen LogP contribution in [0.15, 0.2) is 0 Å². The van der Waals surface area contributed by atoms with E-state index >= 15 is 0 Å². The summed E-state index contributed by atoms with van der Waals surface area (Å²) in [6.45, 7) is 0. The van der Waals surface area contributed by atoms with Gasteiger partial charge in [0.15, 0.2) is 5.78 Å². The van der Waals surface area contributed by atoms with Crippen molar-refractivity contribution in [1.29, 1.82) is 0 Å². The van der Waals surface area contributed by atoms with Crippen molar-refractivity contribution < 1.29 is 22.4 Å². The van der Waals surface area contributed by atoms with Crippen LogP contribution in [0, 0.1) is 0 Å². The van der Waals surface area contributed by atoms with E-state index in [1.807, 2.05) is 0 Å². The number of halogens is 5. The van der Waals surface area contributed by atoms with Gasteiger partial charge in [-0.3, -0.25) is 4.79 Å². The summed E-state index contributed by atoms with van der Waals surface area (Å²) >= 11 is 4.66. The fraction of sp³-hybridized carbons (Fsp3) is 0.750. The number of Topliss-reactive ketones (excluding diaryl/α,β-unsaturated/α-hetero) is 1. The van der Waals surface area contributed by atoms with Crippen LogP contribution < -0.4 is 0 Å². The van der Waals surface area contributed by atoms with Crippen LogP contribution in [0.25, 0.3) is 0 Å². The molecule has 0 aromatic rings. The van der Waals surface area contributed by atoms with Crippen LogP contribution in [0.5, 0.6) is 0 Å². The standard InChI is InChI=1S/C4H3ClF4O/c5-1-2(10)3(6)4(7,8)9/h3H,1H2. The summed E-state index contributed by atoms with van der Waals surface area (Å²) in [5, 5.41) is 0. The maximum atomic E-state index is 11.7. The van der Waals surface area contributed by atoms with Crippen LogP contribution in [-0.4, -0.2) is 24.0 Å². The van der Waals surface area contributed by atoms with E-state index < -0.39 is 24.0 Å². The lowest BCUT2D eigenvalue weighted by Crippen LogP contribution is -2.33. The zero-order valence-electron chi connectivity index (χ0n) is 4.58. The van der Waals surface area contributed by atoms with E-state index in [-0.39, 0.29) is 0 Å². The molecule has 0 amide bonds. The molecule has 1 nitrogen and oxygen atoms in total. The van der Waals surface area contributed by atoms with Gasteiger partial charge in [0.1, 0.15) is 0 Å². The van der Waals surface area contributed by atoms with Gasteiger partial charge in [0.25, 0.3) is 6.17 Å². The highest BCUT2D eigenvalue weighted by Gasteiger charge is 2.44. The van der Waals surface area contributed by atoms with E-state index in [1.54, 1.807) is 0 Å². The zero-order chi connectivity index (χ0) is 8.36. The highest BCUT2D eigenvalue weighted by atomic mass is 35.5. The number of hydrogen-bond donors (Lipinski definition) is 0. The van der Waals surface area contributed by atoms with Crippen LogP contribution in [0.2, 0.25) is 0 Å². The molecule has 0 fully saturated rings. The second-order valence-electron chi connectivity index (χ2n) is 1.50. The minimum atomic E-state index is -5.12. The van der Waals surface area contributed by atoms with Gasteiger partial charge in [0.05, 0.1) is 5.88 Å². The van der Waals surface area contributed by atoms with Gasteiger partial charge < -0.3 is 0 Å². The van der Waals surface area contributed by atoms with Crippen molar-refractivity contribution >= 4 is 17.4 Å². The molecule has 0 heterocycles. The van der Waals surface area contributed by atoms with Crippen LogP contribution in [-0.2, 0) is 4.79 Å². The predicted molar refractivity (Wildman–Crippen MR) is 26.7 cm³/mol. The Bertz CT molecular complexity index is 132. The summed E-state index contributed by atoms with van der Waals surface area (Å²) in [6.07, 6.45) is -8.56. The highest BCUT2D eigenvalue weighted by molar-refractivity contribution is 6.28. The third-order valence-corrected chi connectivity index (χ3v) is 0.965. The largest absolute Gasteiger partial charge is 0.426 e. The molecule has 0 aliphatic rings. The Morgan fingerprint density at radius 2 is 1.90 bits per heavy atom. The summed E-state index contributed by atoms with van der Waals surface area (Å²) in [7, 11) is 0. The van der Waals surface area contributed by atoms with Crippen molar-refractivity contribution in [2.24, 2.45) is 0 Å². The number of carbonyl (C=O) groups excluding carboxylic acids is 1. The fourth-order valence-electron chi connectivity index (χ4n) is 0.250. The molecule has 60 valence electrons. The third-order valence-electron chi connectivity index (χ3n) is 0.702. The lowest BCUT2D eigenvalue weighted by molar-refractivity contribution is -0.184. The van der Waals surface area contributed by atoms with E-state index in [0.29, 0.717) is 0 Å². The molecule has 1 atom stereocenters. The number of ketones is 1. The van der Waals surface area contributed by atoms with Crippen LogP contribution in [0.4, 0.5) is 17.6 Å². The molecule has 0 aliphatic heterocycles. The van der Waals surface area contributed by atoms with E-state index in [1.165, 1.54) is 0 Å². The molecule has 0 saturated heterocycles. The minimum Gasteiger partial charge on any atom is -0.295 e. The Morgan fingerprint density at radius 1 is 1.50 bits per heavy atom. The van der Waals surface area contributed by atoms with Crippen LogP contribution in [0.3, 0.4) is 0 Å². The molecule has 0 radical (unpaired) electrons. The first-order chi connectivity index (χ1) is 4.39. The van der Waals surface area contributed by atoms with Gasteiger partial charge in [-0.2, -0.15) is 13.2 Å². The zero-order valence-corrected chi connectivity index (χ0v) is 5.34. The second-order valence-corrected chi connectivity index (χ2v) is 1.77. The summed E-state index contributed by atoms with van der Waals surface area (Å²) in [5.41, 5.74) is 0. The summed E-state index contributed by atoms with van der Waals surface area (Å²) in [5.74, 6) is -2.62. The van der Waals surface area contributed by atoms with Crippen molar-refractivity contribution in [1.82, 2.24) is 0 Å². The van der Waals surface area contributed by atoms with Gasteiger partial charge in [0.2, 0.25) is 0 Å². The topological polar surface area (TPSA) is 17.1 Å². The highest BCUT2D eigenvalue weighted by Crippen LogP contribution is 2.23. The van der Waals surface area contributed by atoms with Crippen LogP contribution >= 0.6 is 11.6 Å². The molecule has 0 aromatic carbocycles. The first kappa shape index (κ1) is 9.68. The molecule has 6 heteroatoms. The number of carbonyl (C=O) groups is 1. The predicted octanol–water partition coefficient (Wildman–Crippen LogP) is 1.69. The first-order valence-corrected chi connectivity index (χ1v) is 2.72. The number of hydrogen-bond acceptors (Lipinski definition) is 1. The SMILES string of the molecule is O=C(CCl)C(F)C(F)(F)F. The van der Waals surface area contributed by atoms with Crippen molar-refractivity contribution in [2.45, 2.75) is 12.3 Å². The van der Waals surface area contributed by atoms with Gasteiger partial charge in [0, 0.05) is 0 Å². The van der Waals surface area contributed by atoms with Gasteiger partial charge >= 0.3 is 6.18 Å². The second kappa shape index (κ2) is 3.18. The molecule has 0 bridgehead atoms. The maximum Gasteiger partial charge on any atom is 0.426 e. The lowest BCUT2D eigenvalue weighted by Gasteiger charge is -2.08. The molecular formula is C4H3ClF4O. The molecule has 0 N–H and O–H groups in total. The van der Waals surface area contributed by atoms with Crippen LogP contribution in [0.1, 0.15) is 0 Å². The molecule has 0 rings (SSSR count). The van der Waals surface area contributed by atoms with E-state index in [4.69, 9.17) is 0 Å². The summed E-state index contributed by atoms with van der Waals surface area (Å²) in [4.78, 5) is 9.93. The van der Waals surface area contributed by atoms with Gasteiger partial charge in [-0.05, 0) is 0 Å². The fourth-order valence-corrected chi connectivity index (χ4v) is 0.386. The lowest BCUT2D eigenvalue weighted by atomic mass is 10.3. The summed E-state index contributed by atoms with van der Waals surface area (Å²) < 4.78 is 45.4. The normalized spacial score (nSPS) is 14.9. The Hall–Kier alpha value is -0.320. The smallest absolute Gasteiger partial charge is 0.295 e. The van der Waals surface area contributed by atoms with Gasteiger partial charge in [-0.25, -0.2) is 4.39 Å². The minimum absolute atomic E-state index is 0.958. The van der Waals surface area contributed by atoms with E-state index in [0.717, 1.165) is 0 Å². The molecular weight excluding hydrogens is 175 g/mol. The maximum absolute atomic E-state index is 11.7. The molecule has 1 unspecified atom stereocenters. The van der Waals surface area contributed by atoms with Gasteiger partial charge in [-0.1, -0.05) is 0 Å². The quantitative estimate of drug-likeness (QED) is 0.465.